The lowest BCUT2D eigenvalue weighted by molar-refractivity contribution is -0.934. The molecule has 4 nitrogen and oxygen atoms in total. The van der Waals surface area contributed by atoms with Gasteiger partial charge in [-0.2, -0.15) is 0 Å². The van der Waals surface area contributed by atoms with Crippen LogP contribution in [-0.4, -0.2) is 67.3 Å². The van der Waals surface area contributed by atoms with Crippen LogP contribution in [0, 0.1) is 50.7 Å². The number of piperazine rings is 3. The molecule has 0 N–H and O–H groups in total. The number of carbonyl (C=O) groups excluding carboxylic acids is 1. The highest BCUT2D eigenvalue weighted by molar-refractivity contribution is 5.71. The summed E-state index contributed by atoms with van der Waals surface area (Å²) in [6, 6.07) is 0. The number of fused-ring (bicyclic) bond motifs is 10. The van der Waals surface area contributed by atoms with Crippen LogP contribution in [0.1, 0.15) is 132 Å². The molecule has 8 aliphatic rings. The Hall–Kier alpha value is -0.870. The van der Waals surface area contributed by atoms with Crippen LogP contribution in [0.2, 0.25) is 0 Å². The van der Waals surface area contributed by atoms with E-state index >= 15 is 0 Å². The number of hydrogen-bond donors (Lipinski definition) is 0. The van der Waals surface area contributed by atoms with E-state index in [0.717, 1.165) is 67.9 Å². The molecule has 2 bridgehead atoms. The second-order valence-electron chi connectivity index (χ2n) is 18.8. The van der Waals surface area contributed by atoms with Gasteiger partial charge in [0, 0.05) is 25.0 Å². The average Bonchev–Trinajstić information content (AvgIpc) is 3.18. The Morgan fingerprint density at radius 3 is 2.14 bits per heavy atom. The normalized spacial score (nSPS) is 50.7. The van der Waals surface area contributed by atoms with Gasteiger partial charge in [0.2, 0.25) is 0 Å². The van der Waals surface area contributed by atoms with Crippen LogP contribution < -0.4 is 0 Å². The first-order valence-corrected chi connectivity index (χ1v) is 19.1. The zero-order chi connectivity index (χ0) is 31.6. The third-order valence-corrected chi connectivity index (χ3v) is 16.6. The van der Waals surface area contributed by atoms with Gasteiger partial charge in [-0.15, -0.1) is 6.58 Å². The highest BCUT2D eigenvalue weighted by Crippen LogP contribution is 2.76. The lowest BCUT2D eigenvalue weighted by atomic mass is 9.32. The standard InChI is InChI=1S/C37H63N2O2.C3H6/c1-33(2)29-13-17-37(6)30(12-11-28-27-10-8-7-9-15-34(27,3)18-19-36(28,37)5)35(29,4)16-14-31(33)41-32(40)26-39-23-20-38(21-24-39)22-25-39;1-3-2/h27-31H,7-26H2,1-6H3;3H,1H2,2H3/q+1;/t27?,28?,29?,30?,31?,34-,35+,36-,37-;/m1./s1. The maximum absolute atomic E-state index is 13.5. The van der Waals surface area contributed by atoms with Crippen molar-refractivity contribution >= 4 is 5.97 Å². The van der Waals surface area contributed by atoms with Gasteiger partial charge in [-0.1, -0.05) is 66.9 Å². The fourth-order valence-electron chi connectivity index (χ4n) is 13.9. The smallest absolute Gasteiger partial charge is 0.362 e. The van der Waals surface area contributed by atoms with Gasteiger partial charge >= 0.3 is 5.97 Å². The van der Waals surface area contributed by atoms with Crippen molar-refractivity contribution in [1.29, 1.82) is 0 Å². The van der Waals surface area contributed by atoms with Gasteiger partial charge in [0.1, 0.15) is 6.10 Å². The van der Waals surface area contributed by atoms with Crippen LogP contribution in [0.5, 0.6) is 0 Å². The SMILES string of the molecule is C=CC.CC1(C)C(OC(=O)C[N+]23CCN(CC2)CC3)CC[C@@]2(C)C1CC[C@]1(C)C2CCC2C3CCCCC[C@]3(C)CC[C@]21C. The molecule has 8 fully saturated rings. The predicted molar refractivity (Wildman–Crippen MR) is 182 cm³/mol. The van der Waals surface area contributed by atoms with E-state index in [4.69, 9.17) is 4.74 Å². The quantitative estimate of drug-likeness (QED) is 0.182. The molecular formula is C40H69N2O2+. The van der Waals surface area contributed by atoms with E-state index in [1.165, 1.54) is 77.0 Å². The van der Waals surface area contributed by atoms with E-state index in [0.29, 0.717) is 34.1 Å². The Labute approximate surface area is 271 Å². The molecule has 0 spiro atoms. The predicted octanol–water partition coefficient (Wildman–Crippen LogP) is 8.89. The van der Waals surface area contributed by atoms with E-state index in [2.05, 4.69) is 53.0 Å². The van der Waals surface area contributed by atoms with Gasteiger partial charge in [0.05, 0.1) is 19.6 Å². The first-order chi connectivity index (χ1) is 20.8. The molecule has 3 heterocycles. The second-order valence-corrected chi connectivity index (χ2v) is 18.8. The molecule has 3 saturated heterocycles. The first-order valence-electron chi connectivity index (χ1n) is 19.1. The van der Waals surface area contributed by atoms with Crippen molar-refractivity contribution in [2.45, 2.75) is 138 Å². The molecule has 0 aromatic heterocycles. The fraction of sp³-hybridized carbons (Fsp3) is 0.925. The molecule has 0 amide bonds. The molecule has 5 saturated carbocycles. The van der Waals surface area contributed by atoms with Gasteiger partial charge in [0.15, 0.2) is 6.54 Å². The van der Waals surface area contributed by atoms with Crippen LogP contribution in [0.3, 0.4) is 0 Å². The number of ether oxygens (including phenoxy) is 1. The van der Waals surface area contributed by atoms with Crippen LogP contribution >= 0.6 is 0 Å². The maximum atomic E-state index is 13.5. The van der Waals surface area contributed by atoms with E-state index < -0.39 is 0 Å². The molecule has 0 aromatic rings. The molecule has 250 valence electrons. The molecule has 8 rings (SSSR count). The van der Waals surface area contributed by atoms with E-state index in [-0.39, 0.29) is 17.5 Å². The first kappa shape index (κ1) is 33.0. The summed E-state index contributed by atoms with van der Waals surface area (Å²) in [7, 11) is 0. The summed E-state index contributed by atoms with van der Waals surface area (Å²) >= 11 is 0. The molecule has 5 unspecified atom stereocenters. The Kier molecular flexibility index (Phi) is 8.77. The molecular weight excluding hydrogens is 540 g/mol. The van der Waals surface area contributed by atoms with Crippen LogP contribution in [-0.2, 0) is 9.53 Å². The summed E-state index contributed by atoms with van der Waals surface area (Å²) in [6.45, 7) is 28.6. The molecule has 5 aliphatic carbocycles. The minimum atomic E-state index is 0.0504. The van der Waals surface area contributed by atoms with Gasteiger partial charge in [-0.3, -0.25) is 4.90 Å². The van der Waals surface area contributed by atoms with Crippen molar-refractivity contribution in [2.24, 2.45) is 50.7 Å². The summed E-state index contributed by atoms with van der Waals surface area (Å²) in [5, 5.41) is 0. The van der Waals surface area contributed by atoms with Crippen molar-refractivity contribution < 1.29 is 14.0 Å². The van der Waals surface area contributed by atoms with Gasteiger partial charge in [-0.05, 0) is 116 Å². The zero-order valence-corrected chi connectivity index (χ0v) is 30.0. The number of hydrogen-bond acceptors (Lipinski definition) is 3. The second kappa shape index (κ2) is 11.7. The highest BCUT2D eigenvalue weighted by atomic mass is 16.5. The number of carbonyl (C=O) groups is 1. The number of allylic oxidation sites excluding steroid dienone is 1. The summed E-state index contributed by atoms with van der Waals surface area (Å²) in [6.07, 6.45) is 20.1. The third kappa shape index (κ3) is 5.09. The lowest BCUT2D eigenvalue weighted by Crippen LogP contribution is -2.69. The summed E-state index contributed by atoms with van der Waals surface area (Å²) in [5.41, 5.74) is 1.94. The fourth-order valence-corrected chi connectivity index (χ4v) is 13.9. The number of nitrogens with zero attached hydrogens (tertiary/aromatic N) is 2. The molecule has 0 radical (unpaired) electrons. The molecule has 44 heavy (non-hydrogen) atoms. The van der Waals surface area contributed by atoms with Gasteiger partial charge < -0.3 is 9.22 Å². The van der Waals surface area contributed by atoms with E-state index in [1.54, 1.807) is 6.08 Å². The monoisotopic (exact) mass is 610 g/mol. The van der Waals surface area contributed by atoms with Crippen LogP contribution in [0.15, 0.2) is 12.7 Å². The average molecular weight is 610 g/mol. The minimum Gasteiger partial charge on any atom is -0.458 e. The molecule has 9 atom stereocenters. The Bertz CT molecular complexity index is 1060. The Morgan fingerprint density at radius 1 is 0.773 bits per heavy atom. The summed E-state index contributed by atoms with van der Waals surface area (Å²) in [4.78, 5) is 16.0. The highest BCUT2D eigenvalue weighted by Gasteiger charge is 2.69. The maximum Gasteiger partial charge on any atom is 0.362 e. The van der Waals surface area contributed by atoms with Crippen molar-refractivity contribution in [2.75, 3.05) is 45.8 Å². The van der Waals surface area contributed by atoms with Crippen molar-refractivity contribution in [3.63, 3.8) is 0 Å². The Balaban J connectivity index is 0.00000110. The number of rotatable bonds is 3. The van der Waals surface area contributed by atoms with E-state index in [9.17, 15) is 4.79 Å². The van der Waals surface area contributed by atoms with E-state index in [1.807, 2.05) is 6.92 Å². The Morgan fingerprint density at radius 2 is 1.45 bits per heavy atom. The van der Waals surface area contributed by atoms with Crippen molar-refractivity contribution in [1.82, 2.24) is 4.90 Å². The topological polar surface area (TPSA) is 29.5 Å². The lowest BCUT2D eigenvalue weighted by Gasteiger charge is -2.73. The minimum absolute atomic E-state index is 0.0504. The summed E-state index contributed by atoms with van der Waals surface area (Å²) < 4.78 is 7.50. The van der Waals surface area contributed by atoms with Crippen LogP contribution in [0.4, 0.5) is 0 Å². The number of quaternary nitrogens is 1. The largest absolute Gasteiger partial charge is 0.458 e. The van der Waals surface area contributed by atoms with Crippen LogP contribution in [0.25, 0.3) is 0 Å². The van der Waals surface area contributed by atoms with Gasteiger partial charge in [-0.25, -0.2) is 4.79 Å². The molecule has 0 aromatic carbocycles. The third-order valence-electron chi connectivity index (χ3n) is 16.6. The zero-order valence-electron chi connectivity index (χ0n) is 30.0. The van der Waals surface area contributed by atoms with Gasteiger partial charge in [0.25, 0.3) is 0 Å². The van der Waals surface area contributed by atoms with Crippen molar-refractivity contribution in [3.8, 4) is 0 Å². The number of esters is 1. The molecule has 4 heteroatoms. The molecule has 3 aliphatic heterocycles. The van der Waals surface area contributed by atoms with Crippen molar-refractivity contribution in [3.05, 3.63) is 12.7 Å². The summed E-state index contributed by atoms with van der Waals surface area (Å²) in [5.74, 6) is 3.42.